The molecule has 0 saturated carbocycles. The molecule has 0 aliphatic carbocycles. The fraction of sp³-hybridized carbons (Fsp3) is 0.438. The van der Waals surface area contributed by atoms with Crippen molar-refractivity contribution in [2.75, 3.05) is 31.2 Å². The average molecular weight is 333 g/mol. The predicted molar refractivity (Wildman–Crippen MR) is 88.6 cm³/mol. The molecule has 0 bridgehead atoms. The molecule has 2 aromatic rings. The maximum absolute atomic E-state index is 11.8. The van der Waals surface area contributed by atoms with Crippen LogP contribution in [0.2, 0.25) is 0 Å². The first kappa shape index (κ1) is 16.3. The Morgan fingerprint density at radius 3 is 2.71 bits per heavy atom. The summed E-state index contributed by atoms with van der Waals surface area (Å²) >= 11 is 0. The molecule has 0 radical (unpaired) electrons. The van der Waals surface area contributed by atoms with E-state index < -0.39 is 5.97 Å². The Bertz CT molecular complexity index is 793. The molecule has 2 heterocycles. The zero-order valence-electron chi connectivity index (χ0n) is 13.4. The minimum Gasteiger partial charge on any atom is -0.481 e. The predicted octanol–water partition coefficient (Wildman–Crippen LogP) is 1.94. The van der Waals surface area contributed by atoms with Crippen molar-refractivity contribution in [3.63, 3.8) is 0 Å². The summed E-state index contributed by atoms with van der Waals surface area (Å²) < 4.78 is 7.13. The minimum atomic E-state index is -0.918. The monoisotopic (exact) mass is 333 g/mol. The number of nitrogens with zero attached hydrogens (tertiary/aromatic N) is 3. The number of carboxylic acids is 1. The summed E-state index contributed by atoms with van der Waals surface area (Å²) in [5, 5.41) is 21.3. The van der Waals surface area contributed by atoms with Gasteiger partial charge in [-0.15, -0.1) is 0 Å². The van der Waals surface area contributed by atoms with Crippen molar-refractivity contribution in [1.29, 1.82) is 0 Å². The molecule has 3 rings (SSSR count). The molecule has 8 nitrogen and oxygen atoms in total. The van der Waals surface area contributed by atoms with Gasteiger partial charge in [-0.05, 0) is 24.1 Å². The number of rotatable bonds is 5. The van der Waals surface area contributed by atoms with Crippen molar-refractivity contribution >= 4 is 28.2 Å². The van der Waals surface area contributed by atoms with Crippen LogP contribution in [0.3, 0.4) is 0 Å². The van der Waals surface area contributed by atoms with E-state index in [0.29, 0.717) is 42.9 Å². The number of benzene rings is 1. The number of nitro benzene ring substituents is 1. The summed E-state index contributed by atoms with van der Waals surface area (Å²) in [6.07, 6.45) is 1.99. The lowest BCUT2D eigenvalue weighted by atomic mass is 10.0. The highest BCUT2D eigenvalue weighted by atomic mass is 16.6. The maximum Gasteiger partial charge on any atom is 0.303 e. The van der Waals surface area contributed by atoms with Gasteiger partial charge in [-0.25, -0.2) is 0 Å². The van der Waals surface area contributed by atoms with E-state index in [1.165, 1.54) is 0 Å². The standard InChI is InChI=1S/C16H19N3O5/c1-17-10-11(2-5-14(20)21)15-12(17)3-4-13(16(15)19(22)23)18-6-8-24-9-7-18/h3-4,10H,2,5-9H2,1H3,(H,20,21). The number of carboxylic acid groups (broad SMARTS) is 1. The van der Waals surface area contributed by atoms with Crippen molar-refractivity contribution in [2.24, 2.45) is 7.05 Å². The summed E-state index contributed by atoms with van der Waals surface area (Å²) in [5.74, 6) is -0.918. The topological polar surface area (TPSA) is 97.8 Å². The van der Waals surface area contributed by atoms with Crippen LogP contribution in [0, 0.1) is 10.1 Å². The second-order valence-electron chi connectivity index (χ2n) is 5.84. The number of ether oxygens (including phenoxy) is 1. The van der Waals surface area contributed by atoms with Gasteiger partial charge in [0, 0.05) is 32.8 Å². The summed E-state index contributed by atoms with van der Waals surface area (Å²) in [5.41, 5.74) is 2.05. The van der Waals surface area contributed by atoms with E-state index >= 15 is 0 Å². The normalized spacial score (nSPS) is 15.0. The molecule has 1 fully saturated rings. The Labute approximate surface area is 138 Å². The van der Waals surface area contributed by atoms with Gasteiger partial charge in [0.25, 0.3) is 0 Å². The maximum atomic E-state index is 11.8. The number of carbonyl (C=O) groups is 1. The quantitative estimate of drug-likeness (QED) is 0.663. The van der Waals surface area contributed by atoms with Crippen molar-refractivity contribution in [1.82, 2.24) is 4.57 Å². The number of morpholine rings is 1. The van der Waals surface area contributed by atoms with Crippen LogP contribution in [0.5, 0.6) is 0 Å². The molecule has 1 aliphatic rings. The SMILES string of the molecule is Cn1cc(CCC(=O)O)c2c([N+](=O)[O-])c(N3CCOCC3)ccc21. The number of aliphatic carboxylic acids is 1. The Balaban J connectivity index is 2.16. The van der Waals surface area contributed by atoms with Crippen molar-refractivity contribution in [3.05, 3.63) is 34.0 Å². The van der Waals surface area contributed by atoms with E-state index in [0.717, 1.165) is 5.52 Å². The van der Waals surface area contributed by atoms with Crippen LogP contribution < -0.4 is 4.90 Å². The molecule has 1 aromatic heterocycles. The Kier molecular flexibility index (Phi) is 4.39. The number of aromatic nitrogens is 1. The molecule has 0 unspecified atom stereocenters. The van der Waals surface area contributed by atoms with Gasteiger partial charge in [-0.1, -0.05) is 0 Å². The number of hydrogen-bond donors (Lipinski definition) is 1. The van der Waals surface area contributed by atoms with Crippen LogP contribution in [0.15, 0.2) is 18.3 Å². The van der Waals surface area contributed by atoms with Crippen LogP contribution in [0.1, 0.15) is 12.0 Å². The Morgan fingerprint density at radius 2 is 2.08 bits per heavy atom. The first-order chi connectivity index (χ1) is 11.5. The highest BCUT2D eigenvalue weighted by Crippen LogP contribution is 2.39. The molecule has 0 atom stereocenters. The molecule has 0 spiro atoms. The Morgan fingerprint density at radius 1 is 1.38 bits per heavy atom. The number of anilines is 1. The first-order valence-corrected chi connectivity index (χ1v) is 7.79. The van der Waals surface area contributed by atoms with Crippen LogP contribution in [0.25, 0.3) is 10.9 Å². The molecule has 1 aliphatic heterocycles. The second kappa shape index (κ2) is 6.48. The summed E-state index contributed by atoms with van der Waals surface area (Å²) in [7, 11) is 1.81. The minimum absolute atomic E-state index is 0.0513. The molecule has 24 heavy (non-hydrogen) atoms. The number of hydrogen-bond acceptors (Lipinski definition) is 5. The van der Waals surface area contributed by atoms with E-state index in [9.17, 15) is 14.9 Å². The lowest BCUT2D eigenvalue weighted by Crippen LogP contribution is -2.36. The van der Waals surface area contributed by atoms with Gasteiger partial charge in [-0.3, -0.25) is 14.9 Å². The van der Waals surface area contributed by atoms with Gasteiger partial charge in [-0.2, -0.15) is 0 Å². The first-order valence-electron chi connectivity index (χ1n) is 7.79. The van der Waals surface area contributed by atoms with Gasteiger partial charge >= 0.3 is 11.7 Å². The number of fused-ring (bicyclic) bond motifs is 1. The second-order valence-corrected chi connectivity index (χ2v) is 5.84. The molecule has 1 aromatic carbocycles. The zero-order valence-corrected chi connectivity index (χ0v) is 13.4. The lowest BCUT2D eigenvalue weighted by molar-refractivity contribution is -0.382. The van der Waals surface area contributed by atoms with E-state index in [1.807, 2.05) is 22.6 Å². The van der Waals surface area contributed by atoms with E-state index in [1.54, 1.807) is 12.3 Å². The molecular formula is C16H19N3O5. The van der Waals surface area contributed by atoms with E-state index in [4.69, 9.17) is 9.84 Å². The third-order valence-corrected chi connectivity index (χ3v) is 4.33. The van der Waals surface area contributed by atoms with Crippen LogP contribution in [0.4, 0.5) is 11.4 Å². The van der Waals surface area contributed by atoms with Crippen molar-refractivity contribution < 1.29 is 19.6 Å². The molecule has 1 saturated heterocycles. The summed E-state index contributed by atoms with van der Waals surface area (Å²) in [6.45, 7) is 2.28. The molecular weight excluding hydrogens is 314 g/mol. The summed E-state index contributed by atoms with van der Waals surface area (Å²) in [6, 6.07) is 3.63. The number of nitro groups is 1. The Hall–Kier alpha value is -2.61. The van der Waals surface area contributed by atoms with Gasteiger partial charge in [0.15, 0.2) is 0 Å². The third kappa shape index (κ3) is 2.92. The average Bonchev–Trinajstić information content (AvgIpc) is 2.89. The molecule has 0 amide bonds. The fourth-order valence-corrected chi connectivity index (χ4v) is 3.22. The molecule has 128 valence electrons. The van der Waals surface area contributed by atoms with Gasteiger partial charge in [0.1, 0.15) is 5.69 Å². The third-order valence-electron chi connectivity index (χ3n) is 4.33. The van der Waals surface area contributed by atoms with Crippen LogP contribution in [-0.2, 0) is 23.0 Å². The highest BCUT2D eigenvalue weighted by molar-refractivity contribution is 5.98. The van der Waals surface area contributed by atoms with Crippen molar-refractivity contribution in [2.45, 2.75) is 12.8 Å². The summed E-state index contributed by atoms with van der Waals surface area (Å²) in [4.78, 5) is 24.3. The fourth-order valence-electron chi connectivity index (χ4n) is 3.22. The molecule has 8 heteroatoms. The smallest absolute Gasteiger partial charge is 0.303 e. The van der Waals surface area contributed by atoms with E-state index in [2.05, 4.69) is 0 Å². The molecule has 1 N–H and O–H groups in total. The highest BCUT2D eigenvalue weighted by Gasteiger charge is 2.27. The van der Waals surface area contributed by atoms with Gasteiger partial charge in [0.05, 0.1) is 29.0 Å². The van der Waals surface area contributed by atoms with Crippen LogP contribution >= 0.6 is 0 Å². The zero-order chi connectivity index (χ0) is 17.3. The van der Waals surface area contributed by atoms with E-state index in [-0.39, 0.29) is 23.5 Å². The largest absolute Gasteiger partial charge is 0.481 e. The van der Waals surface area contributed by atoms with Crippen molar-refractivity contribution in [3.8, 4) is 0 Å². The van der Waals surface area contributed by atoms with Crippen LogP contribution in [-0.4, -0.2) is 46.9 Å². The van der Waals surface area contributed by atoms with Gasteiger partial charge < -0.3 is 19.3 Å². The number of aryl methyl sites for hydroxylation is 2. The van der Waals surface area contributed by atoms with Gasteiger partial charge in [0.2, 0.25) is 0 Å². The lowest BCUT2D eigenvalue weighted by Gasteiger charge is -2.28.